The van der Waals surface area contributed by atoms with Gasteiger partial charge in [0, 0.05) is 6.42 Å². The molecule has 130 valence electrons. The Kier molecular flexibility index (Phi) is 4.81. The standard InChI is InChI=1S/C15H15F3N2O4/c1-8-7-9(3-4-10(8)15(16,17)18)20-13(22)11(19-14(20)23)5-6-12(21)24-2/h3-4,7,11H,5-6H2,1-2H3,(H,19,23)/t11-/m1/s1. The summed E-state index contributed by atoms with van der Waals surface area (Å²) in [5, 5.41) is 2.40. The van der Waals surface area contributed by atoms with Crippen molar-refractivity contribution in [2.24, 2.45) is 0 Å². The predicted octanol–water partition coefficient (Wildman–Crippen LogP) is 2.39. The summed E-state index contributed by atoms with van der Waals surface area (Å²) in [5.74, 6) is -1.15. The van der Waals surface area contributed by atoms with Crippen LogP contribution in [0.4, 0.5) is 23.7 Å². The first-order chi connectivity index (χ1) is 11.1. The Bertz CT molecular complexity index is 688. The number of rotatable bonds is 4. The number of benzene rings is 1. The molecule has 1 atom stereocenters. The normalized spacial score (nSPS) is 17.9. The molecule has 0 spiro atoms. The van der Waals surface area contributed by atoms with Gasteiger partial charge in [0.2, 0.25) is 0 Å². The molecular weight excluding hydrogens is 329 g/mol. The van der Waals surface area contributed by atoms with Crippen molar-refractivity contribution in [1.82, 2.24) is 5.32 Å². The Balaban J connectivity index is 2.20. The molecule has 0 unspecified atom stereocenters. The van der Waals surface area contributed by atoms with Crippen LogP contribution in [-0.4, -0.2) is 31.1 Å². The van der Waals surface area contributed by atoms with Gasteiger partial charge in [0.25, 0.3) is 5.91 Å². The highest BCUT2D eigenvalue weighted by atomic mass is 19.4. The van der Waals surface area contributed by atoms with Crippen LogP contribution < -0.4 is 10.2 Å². The van der Waals surface area contributed by atoms with E-state index in [0.29, 0.717) is 0 Å². The number of nitrogens with zero attached hydrogens (tertiary/aromatic N) is 1. The first kappa shape index (κ1) is 17.8. The number of methoxy groups -OCH3 is 1. The van der Waals surface area contributed by atoms with Crippen LogP contribution in [0.2, 0.25) is 0 Å². The van der Waals surface area contributed by atoms with Gasteiger partial charge in [-0.2, -0.15) is 13.2 Å². The van der Waals surface area contributed by atoms with Gasteiger partial charge in [-0.1, -0.05) is 0 Å². The van der Waals surface area contributed by atoms with Crippen LogP contribution in [0.25, 0.3) is 0 Å². The fourth-order valence-corrected chi connectivity index (χ4v) is 2.44. The van der Waals surface area contributed by atoms with Gasteiger partial charge in [-0.3, -0.25) is 9.59 Å². The molecule has 1 saturated heterocycles. The van der Waals surface area contributed by atoms with Crippen molar-refractivity contribution in [2.75, 3.05) is 12.0 Å². The maximum Gasteiger partial charge on any atom is 0.416 e. The van der Waals surface area contributed by atoms with Crippen LogP contribution >= 0.6 is 0 Å². The predicted molar refractivity (Wildman–Crippen MR) is 77.2 cm³/mol. The number of hydrogen-bond acceptors (Lipinski definition) is 4. The highest BCUT2D eigenvalue weighted by Crippen LogP contribution is 2.34. The van der Waals surface area contributed by atoms with E-state index < -0.39 is 35.7 Å². The highest BCUT2D eigenvalue weighted by Gasteiger charge is 2.40. The third-order valence-corrected chi connectivity index (χ3v) is 3.66. The fraction of sp³-hybridized carbons (Fsp3) is 0.400. The van der Waals surface area contributed by atoms with Crippen molar-refractivity contribution in [2.45, 2.75) is 32.0 Å². The van der Waals surface area contributed by atoms with Crippen molar-refractivity contribution >= 4 is 23.6 Å². The SMILES string of the molecule is COC(=O)CC[C@H]1NC(=O)N(c2ccc(C(F)(F)F)c(C)c2)C1=O. The molecule has 2 rings (SSSR count). The second-order valence-electron chi connectivity index (χ2n) is 5.29. The Morgan fingerprint density at radius 2 is 2.00 bits per heavy atom. The van der Waals surface area contributed by atoms with Crippen molar-refractivity contribution in [3.63, 3.8) is 0 Å². The summed E-state index contributed by atoms with van der Waals surface area (Å²) in [6.07, 6.45) is -4.52. The zero-order valence-corrected chi connectivity index (χ0v) is 12.9. The Morgan fingerprint density at radius 3 is 2.54 bits per heavy atom. The fourth-order valence-electron chi connectivity index (χ4n) is 2.44. The highest BCUT2D eigenvalue weighted by molar-refractivity contribution is 6.21. The number of aryl methyl sites for hydroxylation is 1. The molecule has 9 heteroatoms. The monoisotopic (exact) mass is 344 g/mol. The van der Waals surface area contributed by atoms with E-state index in [1.807, 2.05) is 0 Å². The van der Waals surface area contributed by atoms with E-state index in [1.54, 1.807) is 0 Å². The number of nitrogens with one attached hydrogen (secondary N) is 1. The molecule has 0 aromatic heterocycles. The number of esters is 1. The number of imide groups is 1. The van der Waals surface area contributed by atoms with E-state index in [2.05, 4.69) is 10.1 Å². The average molecular weight is 344 g/mol. The number of amides is 3. The van der Waals surface area contributed by atoms with Gasteiger partial charge in [0.15, 0.2) is 0 Å². The van der Waals surface area contributed by atoms with Gasteiger partial charge < -0.3 is 10.1 Å². The lowest BCUT2D eigenvalue weighted by atomic mass is 10.1. The van der Waals surface area contributed by atoms with Gasteiger partial charge in [0.05, 0.1) is 18.4 Å². The minimum atomic E-state index is -4.51. The smallest absolute Gasteiger partial charge is 0.416 e. The molecule has 1 fully saturated rings. The molecule has 6 nitrogen and oxygen atoms in total. The summed E-state index contributed by atoms with van der Waals surface area (Å²) in [5.41, 5.74) is -0.886. The first-order valence-corrected chi connectivity index (χ1v) is 7.04. The maximum atomic E-state index is 12.8. The Morgan fingerprint density at radius 1 is 1.33 bits per heavy atom. The minimum absolute atomic E-state index is 0.0450. The number of anilines is 1. The molecule has 3 amide bonds. The Labute approximate surface area is 135 Å². The quantitative estimate of drug-likeness (QED) is 0.672. The lowest BCUT2D eigenvalue weighted by molar-refractivity contribution is -0.141. The second kappa shape index (κ2) is 6.50. The molecule has 0 bridgehead atoms. The van der Waals surface area contributed by atoms with Crippen LogP contribution in [0.15, 0.2) is 18.2 Å². The third-order valence-electron chi connectivity index (χ3n) is 3.66. The van der Waals surface area contributed by atoms with Crippen LogP contribution in [0.1, 0.15) is 24.0 Å². The van der Waals surface area contributed by atoms with E-state index >= 15 is 0 Å². The molecule has 1 heterocycles. The van der Waals surface area contributed by atoms with Crippen molar-refractivity contribution in [3.8, 4) is 0 Å². The second-order valence-corrected chi connectivity index (χ2v) is 5.29. The van der Waals surface area contributed by atoms with Crippen LogP contribution in [0, 0.1) is 6.92 Å². The van der Waals surface area contributed by atoms with Crippen LogP contribution in [0.5, 0.6) is 0 Å². The zero-order valence-electron chi connectivity index (χ0n) is 12.9. The summed E-state index contributed by atoms with van der Waals surface area (Å²) >= 11 is 0. The topological polar surface area (TPSA) is 75.7 Å². The third kappa shape index (κ3) is 3.50. The molecular formula is C15H15F3N2O4. The average Bonchev–Trinajstić information content (AvgIpc) is 2.77. The molecule has 0 aliphatic carbocycles. The number of halogens is 3. The van der Waals surface area contributed by atoms with Gasteiger partial charge in [0.1, 0.15) is 6.04 Å². The summed E-state index contributed by atoms with van der Waals surface area (Å²) in [7, 11) is 1.20. The molecule has 0 saturated carbocycles. The molecule has 1 aromatic rings. The minimum Gasteiger partial charge on any atom is -0.469 e. The summed E-state index contributed by atoms with van der Waals surface area (Å²) in [4.78, 5) is 36.1. The van der Waals surface area contributed by atoms with Crippen molar-refractivity contribution in [3.05, 3.63) is 29.3 Å². The van der Waals surface area contributed by atoms with Crippen molar-refractivity contribution < 1.29 is 32.3 Å². The number of alkyl halides is 3. The van der Waals surface area contributed by atoms with E-state index in [1.165, 1.54) is 14.0 Å². The molecule has 1 aromatic carbocycles. The maximum absolute atomic E-state index is 12.8. The van der Waals surface area contributed by atoms with Crippen LogP contribution in [-0.2, 0) is 20.5 Å². The van der Waals surface area contributed by atoms with Crippen molar-refractivity contribution in [1.29, 1.82) is 0 Å². The van der Waals surface area contributed by atoms with Gasteiger partial charge in [-0.15, -0.1) is 0 Å². The molecule has 24 heavy (non-hydrogen) atoms. The largest absolute Gasteiger partial charge is 0.469 e. The van der Waals surface area contributed by atoms with Gasteiger partial charge in [-0.05, 0) is 37.1 Å². The molecule has 1 aliphatic rings. The number of carbonyl (C=O) groups excluding carboxylic acids is 3. The van der Waals surface area contributed by atoms with E-state index in [4.69, 9.17) is 0 Å². The number of carbonyl (C=O) groups is 3. The first-order valence-electron chi connectivity index (χ1n) is 7.04. The Hall–Kier alpha value is -2.58. The van der Waals surface area contributed by atoms with Crippen LogP contribution in [0.3, 0.4) is 0 Å². The van der Waals surface area contributed by atoms with Gasteiger partial charge >= 0.3 is 18.2 Å². The molecule has 1 aliphatic heterocycles. The zero-order chi connectivity index (χ0) is 18.1. The molecule has 1 N–H and O–H groups in total. The summed E-state index contributed by atoms with van der Waals surface area (Å²) in [6, 6.07) is 1.36. The summed E-state index contributed by atoms with van der Waals surface area (Å²) in [6.45, 7) is 1.25. The van der Waals surface area contributed by atoms with Gasteiger partial charge in [-0.25, -0.2) is 9.69 Å². The number of hydrogen-bond donors (Lipinski definition) is 1. The van der Waals surface area contributed by atoms with E-state index in [-0.39, 0.29) is 24.1 Å². The summed E-state index contributed by atoms with van der Waals surface area (Å²) < 4.78 is 42.8. The number of urea groups is 1. The lowest BCUT2D eigenvalue weighted by Gasteiger charge is -2.16. The number of ether oxygens (including phenoxy) is 1. The van der Waals surface area contributed by atoms with E-state index in [9.17, 15) is 27.6 Å². The van der Waals surface area contributed by atoms with E-state index in [0.717, 1.165) is 23.1 Å². The lowest BCUT2D eigenvalue weighted by Crippen LogP contribution is -2.31. The molecule has 0 radical (unpaired) electrons.